The molecule has 0 bridgehead atoms. The van der Waals surface area contributed by atoms with Crippen molar-refractivity contribution in [1.29, 1.82) is 0 Å². The maximum absolute atomic E-state index is 11.6. The predicted octanol–water partition coefficient (Wildman–Crippen LogP) is 1.64. The van der Waals surface area contributed by atoms with Crippen LogP contribution in [0, 0.1) is 5.92 Å². The Hall–Kier alpha value is -1.78. The molecule has 5 heteroatoms. The van der Waals surface area contributed by atoms with E-state index in [1.165, 1.54) is 0 Å². The van der Waals surface area contributed by atoms with Gasteiger partial charge in [0, 0.05) is 0 Å². The topological polar surface area (TPSA) is 68.5 Å². The molecular formula is C11H15N3O2. The number of carbonyl (C=O) groups excluding carboxylic acids is 1. The van der Waals surface area contributed by atoms with Crippen LogP contribution >= 0.6 is 0 Å². The molecule has 2 heterocycles. The summed E-state index contributed by atoms with van der Waals surface area (Å²) >= 11 is 0. The second kappa shape index (κ2) is 4.00. The van der Waals surface area contributed by atoms with E-state index in [9.17, 15) is 4.79 Å². The van der Waals surface area contributed by atoms with Crippen LogP contribution in [-0.4, -0.2) is 23.7 Å². The summed E-state index contributed by atoms with van der Waals surface area (Å²) in [5, 5.41) is 0. The Morgan fingerprint density at radius 2 is 2.31 bits per heavy atom. The maximum atomic E-state index is 11.6. The van der Waals surface area contributed by atoms with Gasteiger partial charge in [-0.15, -0.1) is 0 Å². The number of nitrogens with two attached hydrogens (primary N) is 1. The monoisotopic (exact) mass is 221 g/mol. The third-order valence-electron chi connectivity index (χ3n) is 2.69. The van der Waals surface area contributed by atoms with Gasteiger partial charge in [-0.25, -0.2) is 9.78 Å². The first-order valence-electron chi connectivity index (χ1n) is 5.27. The number of cyclic esters (lactones) is 1. The molecule has 2 N–H and O–H groups in total. The molecule has 1 fully saturated rings. The smallest absolute Gasteiger partial charge is 0.415 e. The number of anilines is 2. The molecule has 2 rings (SSSR count). The molecule has 0 spiro atoms. The molecule has 0 unspecified atom stereocenters. The van der Waals surface area contributed by atoms with Crippen molar-refractivity contribution >= 4 is 17.6 Å². The fraction of sp³-hybridized carbons (Fsp3) is 0.455. The molecule has 1 aromatic heterocycles. The lowest BCUT2D eigenvalue weighted by Gasteiger charge is -2.23. The minimum Gasteiger partial charge on any atom is -0.447 e. The van der Waals surface area contributed by atoms with E-state index in [0.717, 1.165) is 0 Å². The lowest BCUT2D eigenvalue weighted by molar-refractivity contribution is 0.177. The van der Waals surface area contributed by atoms with E-state index < -0.39 is 0 Å². The molecular weight excluding hydrogens is 206 g/mol. The predicted molar refractivity (Wildman–Crippen MR) is 61.1 cm³/mol. The van der Waals surface area contributed by atoms with Gasteiger partial charge in [0.05, 0.1) is 17.9 Å². The van der Waals surface area contributed by atoms with Gasteiger partial charge in [-0.3, -0.25) is 4.90 Å². The van der Waals surface area contributed by atoms with E-state index in [-0.39, 0.29) is 12.1 Å². The van der Waals surface area contributed by atoms with Crippen LogP contribution in [0.4, 0.5) is 16.3 Å². The number of amides is 1. The van der Waals surface area contributed by atoms with Gasteiger partial charge in [0.15, 0.2) is 0 Å². The quantitative estimate of drug-likeness (QED) is 0.824. The van der Waals surface area contributed by atoms with Gasteiger partial charge in [0.25, 0.3) is 0 Å². The molecule has 1 aliphatic rings. The largest absolute Gasteiger partial charge is 0.447 e. The summed E-state index contributed by atoms with van der Waals surface area (Å²) in [6.45, 7) is 4.52. The Bertz CT molecular complexity index is 389. The first-order valence-corrected chi connectivity index (χ1v) is 5.27. The molecule has 16 heavy (non-hydrogen) atoms. The zero-order valence-corrected chi connectivity index (χ0v) is 9.38. The number of ether oxygens (including phenoxy) is 1. The highest BCUT2D eigenvalue weighted by Crippen LogP contribution is 2.25. The number of carbonyl (C=O) groups is 1. The van der Waals surface area contributed by atoms with Gasteiger partial charge in [-0.05, 0) is 18.1 Å². The van der Waals surface area contributed by atoms with Crippen LogP contribution in [0.25, 0.3) is 0 Å². The molecule has 1 atom stereocenters. The van der Waals surface area contributed by atoms with Crippen molar-refractivity contribution in [3.8, 4) is 0 Å². The van der Waals surface area contributed by atoms with Crippen molar-refractivity contribution in [1.82, 2.24) is 4.98 Å². The normalized spacial score (nSPS) is 20.3. The summed E-state index contributed by atoms with van der Waals surface area (Å²) in [6, 6.07) is 3.51. The summed E-state index contributed by atoms with van der Waals surface area (Å²) in [5.74, 6) is 0.918. The number of nitrogens with zero attached hydrogens (tertiary/aromatic N) is 2. The van der Waals surface area contributed by atoms with Gasteiger partial charge in [0.1, 0.15) is 12.4 Å². The van der Waals surface area contributed by atoms with Crippen molar-refractivity contribution in [3.05, 3.63) is 18.3 Å². The number of pyridine rings is 1. The molecule has 86 valence electrons. The van der Waals surface area contributed by atoms with E-state index >= 15 is 0 Å². The van der Waals surface area contributed by atoms with Crippen molar-refractivity contribution < 1.29 is 9.53 Å². The molecule has 0 saturated carbocycles. The SMILES string of the molecule is CC(C)[C@@H]1COC(=O)N1c1ccc(N)cn1. The first-order chi connectivity index (χ1) is 7.59. The number of rotatable bonds is 2. The van der Waals surface area contributed by atoms with E-state index in [1.807, 2.05) is 0 Å². The lowest BCUT2D eigenvalue weighted by Crippen LogP contribution is -2.37. The number of hydrogen-bond acceptors (Lipinski definition) is 4. The Labute approximate surface area is 94.2 Å². The van der Waals surface area contributed by atoms with Crippen LogP contribution in [0.15, 0.2) is 18.3 Å². The fourth-order valence-corrected chi connectivity index (χ4v) is 1.73. The highest BCUT2D eigenvalue weighted by molar-refractivity contribution is 5.89. The van der Waals surface area contributed by atoms with E-state index in [2.05, 4.69) is 18.8 Å². The molecule has 1 aliphatic heterocycles. The molecule has 1 amide bonds. The van der Waals surface area contributed by atoms with Crippen molar-refractivity contribution in [2.45, 2.75) is 19.9 Å². The van der Waals surface area contributed by atoms with Gasteiger partial charge >= 0.3 is 6.09 Å². The first kappa shape index (κ1) is 10.7. The minimum absolute atomic E-state index is 0.0450. The Morgan fingerprint density at radius 3 is 2.88 bits per heavy atom. The summed E-state index contributed by atoms with van der Waals surface area (Å²) in [7, 11) is 0. The molecule has 0 aromatic carbocycles. The van der Waals surface area contributed by atoms with Crippen molar-refractivity contribution in [3.63, 3.8) is 0 Å². The van der Waals surface area contributed by atoms with Gasteiger partial charge in [-0.2, -0.15) is 0 Å². The zero-order valence-electron chi connectivity index (χ0n) is 9.38. The van der Waals surface area contributed by atoms with Gasteiger partial charge in [-0.1, -0.05) is 13.8 Å². The molecule has 5 nitrogen and oxygen atoms in total. The highest BCUT2D eigenvalue weighted by atomic mass is 16.6. The second-order valence-corrected chi connectivity index (χ2v) is 4.21. The average molecular weight is 221 g/mol. The van der Waals surface area contributed by atoms with Crippen LogP contribution < -0.4 is 10.6 Å². The Balaban J connectivity index is 2.30. The Kier molecular flexibility index (Phi) is 2.68. The third-order valence-corrected chi connectivity index (χ3v) is 2.69. The standard InChI is InChI=1S/C11H15N3O2/c1-7(2)9-6-16-11(15)14(9)10-4-3-8(12)5-13-10/h3-5,7,9H,6,12H2,1-2H3/t9-/m0/s1. The van der Waals surface area contributed by atoms with Crippen LogP contribution in [-0.2, 0) is 4.74 Å². The van der Waals surface area contributed by atoms with E-state index in [1.54, 1.807) is 23.2 Å². The lowest BCUT2D eigenvalue weighted by atomic mass is 10.0. The number of hydrogen-bond donors (Lipinski definition) is 1. The number of nitrogen functional groups attached to an aromatic ring is 1. The summed E-state index contributed by atoms with van der Waals surface area (Å²) in [5.41, 5.74) is 6.14. The van der Waals surface area contributed by atoms with Gasteiger partial charge in [0.2, 0.25) is 0 Å². The second-order valence-electron chi connectivity index (χ2n) is 4.21. The van der Waals surface area contributed by atoms with Crippen LogP contribution in [0.2, 0.25) is 0 Å². The molecule has 0 aliphatic carbocycles. The minimum atomic E-state index is -0.337. The summed E-state index contributed by atoms with van der Waals surface area (Å²) < 4.78 is 5.04. The Morgan fingerprint density at radius 1 is 1.56 bits per heavy atom. The van der Waals surface area contributed by atoms with Crippen LogP contribution in [0.3, 0.4) is 0 Å². The summed E-state index contributed by atoms with van der Waals surface area (Å²) in [6.07, 6.45) is 1.20. The molecule has 1 saturated heterocycles. The highest BCUT2D eigenvalue weighted by Gasteiger charge is 2.36. The molecule has 0 radical (unpaired) electrons. The van der Waals surface area contributed by atoms with E-state index in [4.69, 9.17) is 10.5 Å². The third kappa shape index (κ3) is 1.80. The summed E-state index contributed by atoms with van der Waals surface area (Å²) in [4.78, 5) is 17.3. The van der Waals surface area contributed by atoms with Gasteiger partial charge < -0.3 is 10.5 Å². The van der Waals surface area contributed by atoms with Crippen molar-refractivity contribution in [2.24, 2.45) is 5.92 Å². The van der Waals surface area contributed by atoms with Crippen LogP contribution in [0.1, 0.15) is 13.8 Å². The average Bonchev–Trinajstić information content (AvgIpc) is 2.62. The maximum Gasteiger partial charge on any atom is 0.415 e. The number of aromatic nitrogens is 1. The van der Waals surface area contributed by atoms with E-state index in [0.29, 0.717) is 24.0 Å². The fourth-order valence-electron chi connectivity index (χ4n) is 1.73. The molecule has 1 aromatic rings. The zero-order chi connectivity index (χ0) is 11.7. The van der Waals surface area contributed by atoms with Crippen LogP contribution in [0.5, 0.6) is 0 Å². The van der Waals surface area contributed by atoms with Crippen molar-refractivity contribution in [2.75, 3.05) is 17.2 Å².